The van der Waals surface area contributed by atoms with Crippen molar-refractivity contribution in [1.29, 1.82) is 0 Å². The van der Waals surface area contributed by atoms with Crippen LogP contribution in [0.25, 0.3) is 5.65 Å². The fraction of sp³-hybridized carbons (Fsp3) is 0.562. The number of pyridine rings is 1. The monoisotopic (exact) mass is 315 g/mol. The van der Waals surface area contributed by atoms with Crippen LogP contribution in [0, 0.1) is 10.1 Å². The molecule has 0 atom stereocenters. The first-order valence-corrected chi connectivity index (χ1v) is 8.34. The number of hydrogen-bond donors (Lipinski definition) is 0. The van der Waals surface area contributed by atoms with Crippen molar-refractivity contribution >= 4 is 17.3 Å². The predicted molar refractivity (Wildman–Crippen MR) is 87.9 cm³/mol. The second-order valence-corrected chi connectivity index (χ2v) is 6.41. The molecule has 0 radical (unpaired) electrons. The minimum Gasteiger partial charge on any atom is -0.358 e. The summed E-state index contributed by atoms with van der Waals surface area (Å²) in [4.78, 5) is 20.3. The zero-order valence-electron chi connectivity index (χ0n) is 13.1. The Bertz CT molecular complexity index is 714. The van der Waals surface area contributed by atoms with E-state index in [2.05, 4.69) is 14.8 Å². The summed E-state index contributed by atoms with van der Waals surface area (Å²) < 4.78 is 1.57. The molecule has 7 nitrogen and oxygen atoms in total. The summed E-state index contributed by atoms with van der Waals surface area (Å²) in [5.41, 5.74) is 0.632. The van der Waals surface area contributed by atoms with Gasteiger partial charge < -0.3 is 15.0 Å². The number of nitrogens with zero attached hydrogens (tertiary/aromatic N) is 5. The smallest absolute Gasteiger partial charge is 0.358 e. The third-order valence-electron chi connectivity index (χ3n) is 5.11. The number of rotatable bonds is 3. The lowest BCUT2D eigenvalue weighted by molar-refractivity contribution is -0.389. The molecule has 122 valence electrons. The van der Waals surface area contributed by atoms with Crippen molar-refractivity contribution in [3.8, 4) is 0 Å². The highest BCUT2D eigenvalue weighted by molar-refractivity contribution is 5.63. The van der Waals surface area contributed by atoms with Crippen molar-refractivity contribution in [2.24, 2.45) is 0 Å². The van der Waals surface area contributed by atoms with Gasteiger partial charge in [-0.2, -0.15) is 9.38 Å². The first-order valence-electron chi connectivity index (χ1n) is 8.34. The van der Waals surface area contributed by atoms with Crippen molar-refractivity contribution in [1.82, 2.24) is 14.3 Å². The molecule has 0 N–H and O–H groups in total. The normalized spacial score (nSPS) is 20.4. The van der Waals surface area contributed by atoms with E-state index in [1.807, 2.05) is 12.1 Å². The van der Waals surface area contributed by atoms with Crippen LogP contribution in [-0.2, 0) is 0 Å². The molecule has 2 fully saturated rings. The van der Waals surface area contributed by atoms with Crippen molar-refractivity contribution < 1.29 is 4.92 Å². The van der Waals surface area contributed by atoms with E-state index < -0.39 is 0 Å². The molecule has 1 aliphatic heterocycles. The Morgan fingerprint density at radius 1 is 1.13 bits per heavy atom. The van der Waals surface area contributed by atoms with Gasteiger partial charge in [0, 0.05) is 38.3 Å². The van der Waals surface area contributed by atoms with Gasteiger partial charge in [0.15, 0.2) is 0 Å². The Morgan fingerprint density at radius 3 is 2.57 bits per heavy atom. The molecule has 7 heteroatoms. The summed E-state index contributed by atoms with van der Waals surface area (Å²) in [5, 5.41) is 11.5. The van der Waals surface area contributed by atoms with Crippen molar-refractivity contribution in [3.63, 3.8) is 0 Å². The van der Waals surface area contributed by atoms with Crippen LogP contribution in [0.3, 0.4) is 0 Å². The molecule has 1 aliphatic carbocycles. The summed E-state index contributed by atoms with van der Waals surface area (Å²) in [7, 11) is 0. The summed E-state index contributed by atoms with van der Waals surface area (Å²) in [6, 6.07) is 6.18. The van der Waals surface area contributed by atoms with E-state index in [4.69, 9.17) is 0 Å². The highest BCUT2D eigenvalue weighted by Gasteiger charge is 2.31. The number of hydrogen-bond acceptors (Lipinski definition) is 5. The molecule has 0 unspecified atom stereocenters. The van der Waals surface area contributed by atoms with Gasteiger partial charge in [0.2, 0.25) is 11.5 Å². The fourth-order valence-corrected chi connectivity index (χ4v) is 3.92. The molecule has 1 saturated heterocycles. The van der Waals surface area contributed by atoms with Crippen LogP contribution in [0.2, 0.25) is 0 Å². The van der Waals surface area contributed by atoms with Gasteiger partial charge in [-0.05, 0) is 23.8 Å². The van der Waals surface area contributed by atoms with Crippen LogP contribution in [-0.4, -0.2) is 51.4 Å². The minimum absolute atomic E-state index is 0.0786. The van der Waals surface area contributed by atoms with Crippen LogP contribution in [0.5, 0.6) is 0 Å². The lowest BCUT2D eigenvalue weighted by Crippen LogP contribution is -2.50. The molecule has 0 amide bonds. The number of imidazole rings is 1. The molecule has 0 aromatic carbocycles. The quantitative estimate of drug-likeness (QED) is 0.642. The molecule has 4 rings (SSSR count). The van der Waals surface area contributed by atoms with Crippen LogP contribution in [0.1, 0.15) is 25.7 Å². The van der Waals surface area contributed by atoms with Crippen LogP contribution >= 0.6 is 0 Å². The molecule has 2 aromatic heterocycles. The van der Waals surface area contributed by atoms with Gasteiger partial charge in [0.05, 0.1) is 6.20 Å². The summed E-state index contributed by atoms with van der Waals surface area (Å²) in [5.74, 6) is 0.585. The van der Waals surface area contributed by atoms with Crippen LogP contribution < -0.4 is 4.90 Å². The van der Waals surface area contributed by atoms with E-state index >= 15 is 0 Å². The SMILES string of the molecule is O=[N+]([O-])c1c(N2CCN(C3CCCC3)CC2)nc2ccccn12. The molecule has 0 bridgehead atoms. The van der Waals surface area contributed by atoms with E-state index in [-0.39, 0.29) is 10.7 Å². The van der Waals surface area contributed by atoms with Gasteiger partial charge in [-0.25, -0.2) is 0 Å². The molecular formula is C16H21N5O2. The highest BCUT2D eigenvalue weighted by atomic mass is 16.6. The minimum atomic E-state index is -0.321. The number of nitro groups is 1. The summed E-state index contributed by atoms with van der Waals surface area (Å²) in [6.07, 6.45) is 6.98. The number of piperazine rings is 1. The van der Waals surface area contributed by atoms with Gasteiger partial charge in [0.25, 0.3) is 0 Å². The van der Waals surface area contributed by atoms with Crippen molar-refractivity contribution in [2.75, 3.05) is 31.1 Å². The zero-order chi connectivity index (χ0) is 15.8. The third kappa shape index (κ3) is 2.55. The van der Waals surface area contributed by atoms with Gasteiger partial charge in [0.1, 0.15) is 0 Å². The molecule has 2 aromatic rings. The molecule has 23 heavy (non-hydrogen) atoms. The summed E-state index contributed by atoms with van der Waals surface area (Å²) >= 11 is 0. The molecule has 1 saturated carbocycles. The Kier molecular flexibility index (Phi) is 3.65. The second kappa shape index (κ2) is 5.81. The van der Waals surface area contributed by atoms with Gasteiger partial charge in [-0.1, -0.05) is 18.9 Å². The largest absolute Gasteiger partial charge is 0.372 e. The topological polar surface area (TPSA) is 66.9 Å². The van der Waals surface area contributed by atoms with Crippen LogP contribution in [0.15, 0.2) is 24.4 Å². The lowest BCUT2D eigenvalue weighted by atomic mass is 10.2. The first kappa shape index (κ1) is 14.4. The number of anilines is 1. The molecule has 0 spiro atoms. The molecule has 2 aliphatic rings. The standard InChI is InChI=1S/C16H21N5O2/c22-21(23)16-15(17-14-7-3-4-8-20(14)16)19-11-9-18(10-12-19)13-5-1-2-6-13/h3-4,7-8,13H,1-2,5-6,9-12H2. The Labute approximate surface area is 134 Å². The maximum atomic E-state index is 11.5. The van der Waals surface area contributed by atoms with E-state index in [1.54, 1.807) is 16.7 Å². The second-order valence-electron chi connectivity index (χ2n) is 6.41. The first-order chi connectivity index (χ1) is 11.2. The van der Waals surface area contributed by atoms with Gasteiger partial charge >= 0.3 is 5.82 Å². The molecule has 3 heterocycles. The zero-order valence-corrected chi connectivity index (χ0v) is 13.1. The average molecular weight is 315 g/mol. The maximum Gasteiger partial charge on any atom is 0.372 e. The third-order valence-corrected chi connectivity index (χ3v) is 5.11. The lowest BCUT2D eigenvalue weighted by Gasteiger charge is -2.37. The van der Waals surface area contributed by atoms with E-state index in [0.29, 0.717) is 17.5 Å². The number of aromatic nitrogens is 2. The van der Waals surface area contributed by atoms with E-state index in [1.165, 1.54) is 25.7 Å². The highest BCUT2D eigenvalue weighted by Crippen LogP contribution is 2.31. The van der Waals surface area contributed by atoms with Gasteiger partial charge in [-0.15, -0.1) is 0 Å². The fourth-order valence-electron chi connectivity index (χ4n) is 3.92. The van der Waals surface area contributed by atoms with Crippen molar-refractivity contribution in [3.05, 3.63) is 34.5 Å². The Morgan fingerprint density at radius 2 is 1.87 bits per heavy atom. The summed E-state index contributed by atoms with van der Waals surface area (Å²) in [6.45, 7) is 3.55. The van der Waals surface area contributed by atoms with Crippen LogP contribution in [0.4, 0.5) is 11.6 Å². The van der Waals surface area contributed by atoms with Gasteiger partial charge in [-0.3, -0.25) is 4.90 Å². The van der Waals surface area contributed by atoms with E-state index in [0.717, 1.165) is 26.2 Å². The molecular weight excluding hydrogens is 294 g/mol. The maximum absolute atomic E-state index is 11.5. The van der Waals surface area contributed by atoms with E-state index in [9.17, 15) is 10.1 Å². The average Bonchev–Trinajstić information content (AvgIpc) is 3.22. The Hall–Kier alpha value is -2.15. The predicted octanol–water partition coefficient (Wildman–Crippen LogP) is 2.31. The van der Waals surface area contributed by atoms with Crippen molar-refractivity contribution in [2.45, 2.75) is 31.7 Å². The number of fused-ring (bicyclic) bond motifs is 1. The Balaban J connectivity index is 1.58.